The average molecular weight is 313 g/mol. The zero-order chi connectivity index (χ0) is 15.8. The molecule has 21 heavy (non-hydrogen) atoms. The lowest BCUT2D eigenvalue weighted by Crippen LogP contribution is -2.18. The van der Waals surface area contributed by atoms with Crippen LogP contribution in [0, 0.1) is 0 Å². The van der Waals surface area contributed by atoms with Crippen molar-refractivity contribution in [1.82, 2.24) is 5.32 Å². The Morgan fingerprint density at radius 3 is 2.57 bits per heavy atom. The van der Waals surface area contributed by atoms with Crippen molar-refractivity contribution in [2.45, 2.75) is 32.6 Å². The summed E-state index contributed by atoms with van der Waals surface area (Å²) >= 11 is 1.18. The highest BCUT2D eigenvalue weighted by Crippen LogP contribution is 2.36. The average Bonchev–Trinajstić information content (AvgIpc) is 2.82. The van der Waals surface area contributed by atoms with E-state index in [4.69, 9.17) is 10.5 Å². The molecule has 0 spiro atoms. The van der Waals surface area contributed by atoms with Crippen LogP contribution in [0.4, 0.5) is 10.7 Å². The summed E-state index contributed by atoms with van der Waals surface area (Å²) in [5.74, 6) is -0.836. The van der Waals surface area contributed by atoms with Gasteiger partial charge in [0, 0.05) is 13.6 Å². The summed E-state index contributed by atoms with van der Waals surface area (Å²) < 4.78 is 4.75. The Bertz CT molecular complexity index is 500. The van der Waals surface area contributed by atoms with E-state index in [0.29, 0.717) is 9.88 Å². The molecule has 1 amide bonds. The van der Waals surface area contributed by atoms with Crippen LogP contribution >= 0.6 is 11.3 Å². The van der Waals surface area contributed by atoms with E-state index in [1.54, 1.807) is 0 Å². The lowest BCUT2D eigenvalue weighted by Gasteiger charge is -2.06. The molecule has 0 aliphatic rings. The highest BCUT2D eigenvalue weighted by molar-refractivity contribution is 7.19. The Kier molecular flexibility index (Phi) is 7.01. The van der Waals surface area contributed by atoms with Crippen LogP contribution in [0.1, 0.15) is 52.6 Å². The van der Waals surface area contributed by atoms with E-state index in [2.05, 4.69) is 17.6 Å². The molecule has 0 radical (unpaired) electrons. The third-order valence-corrected chi connectivity index (χ3v) is 4.25. The molecule has 0 atom stereocenters. The maximum atomic E-state index is 11.8. The fourth-order valence-electron chi connectivity index (χ4n) is 1.91. The number of amides is 1. The Morgan fingerprint density at radius 2 is 2.00 bits per heavy atom. The number of ether oxygens (including phenoxy) is 1. The second-order valence-corrected chi connectivity index (χ2v) is 5.63. The van der Waals surface area contributed by atoms with Crippen LogP contribution in [-0.2, 0) is 4.74 Å². The molecule has 1 aromatic rings. The number of anilines is 2. The molecule has 0 saturated carbocycles. The van der Waals surface area contributed by atoms with Crippen LogP contribution < -0.4 is 16.4 Å². The fourth-order valence-corrected chi connectivity index (χ4v) is 2.99. The third kappa shape index (κ3) is 4.35. The van der Waals surface area contributed by atoms with Crippen LogP contribution in [0.25, 0.3) is 0 Å². The number of esters is 1. The number of thiophene rings is 1. The van der Waals surface area contributed by atoms with Crippen LogP contribution in [0.2, 0.25) is 0 Å². The van der Waals surface area contributed by atoms with Gasteiger partial charge in [0.1, 0.15) is 15.4 Å². The fraction of sp³-hybridized carbons (Fsp3) is 0.571. The molecule has 0 fully saturated rings. The largest absolute Gasteiger partial charge is 0.465 e. The van der Waals surface area contributed by atoms with E-state index >= 15 is 0 Å². The molecule has 1 rings (SSSR count). The number of nitrogens with one attached hydrogen (secondary N) is 2. The van der Waals surface area contributed by atoms with E-state index in [-0.39, 0.29) is 17.2 Å². The van der Waals surface area contributed by atoms with Gasteiger partial charge in [0.15, 0.2) is 0 Å². The van der Waals surface area contributed by atoms with Crippen molar-refractivity contribution in [3.05, 3.63) is 10.4 Å². The number of hydrogen-bond acceptors (Lipinski definition) is 6. The maximum Gasteiger partial charge on any atom is 0.343 e. The van der Waals surface area contributed by atoms with Crippen molar-refractivity contribution in [3.63, 3.8) is 0 Å². The number of unbranched alkanes of at least 4 members (excludes halogenated alkanes) is 3. The predicted molar refractivity (Wildman–Crippen MR) is 86.1 cm³/mol. The van der Waals surface area contributed by atoms with E-state index in [1.165, 1.54) is 38.3 Å². The lowest BCUT2D eigenvalue weighted by molar-refractivity contribution is 0.0603. The molecule has 0 aromatic carbocycles. The van der Waals surface area contributed by atoms with Gasteiger partial charge in [-0.2, -0.15) is 0 Å². The van der Waals surface area contributed by atoms with Gasteiger partial charge in [-0.1, -0.05) is 26.2 Å². The van der Waals surface area contributed by atoms with Gasteiger partial charge in [0.2, 0.25) is 0 Å². The van der Waals surface area contributed by atoms with Crippen LogP contribution in [-0.4, -0.2) is 32.6 Å². The van der Waals surface area contributed by atoms with Crippen LogP contribution in [0.3, 0.4) is 0 Å². The summed E-state index contributed by atoms with van der Waals surface area (Å²) in [6.45, 7) is 2.88. The van der Waals surface area contributed by atoms with Gasteiger partial charge in [-0.3, -0.25) is 4.79 Å². The number of rotatable bonds is 8. The quantitative estimate of drug-likeness (QED) is 0.506. The molecular formula is C14H23N3O3S. The van der Waals surface area contributed by atoms with Gasteiger partial charge >= 0.3 is 5.97 Å². The zero-order valence-electron chi connectivity index (χ0n) is 12.7. The summed E-state index contributed by atoms with van der Waals surface area (Å²) in [7, 11) is 2.82. The highest BCUT2D eigenvalue weighted by atomic mass is 32.1. The summed E-state index contributed by atoms with van der Waals surface area (Å²) in [6.07, 6.45) is 4.48. The van der Waals surface area contributed by atoms with Crippen molar-refractivity contribution in [1.29, 1.82) is 0 Å². The van der Waals surface area contributed by atoms with Crippen LogP contribution in [0.5, 0.6) is 0 Å². The Hall–Kier alpha value is -1.76. The van der Waals surface area contributed by atoms with Crippen molar-refractivity contribution in [3.8, 4) is 0 Å². The first-order valence-corrected chi connectivity index (χ1v) is 7.84. The molecule has 0 aliphatic heterocycles. The number of hydrogen-bond donors (Lipinski definition) is 3. The molecule has 6 nitrogen and oxygen atoms in total. The molecule has 1 heterocycles. The molecule has 118 valence electrons. The topological polar surface area (TPSA) is 93.5 Å². The van der Waals surface area contributed by atoms with Crippen molar-refractivity contribution in [2.75, 3.05) is 31.8 Å². The minimum atomic E-state index is -0.532. The Morgan fingerprint density at radius 1 is 1.29 bits per heavy atom. The van der Waals surface area contributed by atoms with Crippen molar-refractivity contribution in [2.24, 2.45) is 0 Å². The van der Waals surface area contributed by atoms with Gasteiger partial charge < -0.3 is 21.1 Å². The molecule has 0 saturated heterocycles. The first-order chi connectivity index (χ1) is 10.1. The third-order valence-electron chi connectivity index (χ3n) is 3.08. The Labute approximate surface area is 129 Å². The number of nitrogen functional groups attached to an aromatic ring is 1. The molecule has 4 N–H and O–H groups in total. The summed E-state index contributed by atoms with van der Waals surface area (Å²) in [4.78, 5) is 23.9. The van der Waals surface area contributed by atoms with Crippen molar-refractivity contribution >= 4 is 33.9 Å². The first-order valence-electron chi connectivity index (χ1n) is 7.03. The second kappa shape index (κ2) is 8.51. The van der Waals surface area contributed by atoms with Gasteiger partial charge in [0.05, 0.1) is 12.8 Å². The second-order valence-electron chi connectivity index (χ2n) is 4.61. The molecular weight excluding hydrogens is 290 g/mol. The smallest absolute Gasteiger partial charge is 0.343 e. The van der Waals surface area contributed by atoms with E-state index in [0.717, 1.165) is 19.4 Å². The summed E-state index contributed by atoms with van der Waals surface area (Å²) in [5.41, 5.74) is 6.33. The SMILES string of the molecule is CCCCCCNc1sc(C(=O)NC)c(N)c1C(=O)OC. The molecule has 0 aliphatic carbocycles. The molecule has 7 heteroatoms. The summed E-state index contributed by atoms with van der Waals surface area (Å²) in [6, 6.07) is 0. The maximum absolute atomic E-state index is 11.8. The normalized spacial score (nSPS) is 10.2. The Balaban J connectivity index is 2.90. The van der Waals surface area contributed by atoms with Gasteiger partial charge in [-0.05, 0) is 6.42 Å². The number of nitrogens with two attached hydrogens (primary N) is 1. The first kappa shape index (κ1) is 17.3. The van der Waals surface area contributed by atoms with E-state index in [9.17, 15) is 9.59 Å². The van der Waals surface area contributed by atoms with Crippen molar-refractivity contribution < 1.29 is 14.3 Å². The van der Waals surface area contributed by atoms with Gasteiger partial charge in [0.25, 0.3) is 5.91 Å². The zero-order valence-corrected chi connectivity index (χ0v) is 13.6. The van der Waals surface area contributed by atoms with E-state index in [1.807, 2.05) is 0 Å². The molecule has 0 bridgehead atoms. The molecule has 0 unspecified atom stereocenters. The number of carbonyl (C=O) groups is 2. The monoisotopic (exact) mass is 313 g/mol. The number of carbonyl (C=O) groups excluding carboxylic acids is 2. The lowest BCUT2D eigenvalue weighted by atomic mass is 10.2. The summed E-state index contributed by atoms with van der Waals surface area (Å²) in [5, 5.41) is 6.29. The standard InChI is InChI=1S/C14H23N3O3S/c1-4-5-6-7-8-17-13-9(14(19)20-3)10(15)11(21-13)12(18)16-2/h17H,4-8,15H2,1-3H3,(H,16,18). The van der Waals surface area contributed by atoms with E-state index < -0.39 is 5.97 Å². The minimum absolute atomic E-state index is 0.169. The molecule has 1 aromatic heterocycles. The van der Waals surface area contributed by atoms with Gasteiger partial charge in [-0.15, -0.1) is 11.3 Å². The predicted octanol–water partition coefficient (Wildman–Crippen LogP) is 2.47. The minimum Gasteiger partial charge on any atom is -0.465 e. The van der Waals surface area contributed by atoms with Crippen LogP contribution in [0.15, 0.2) is 0 Å². The number of methoxy groups -OCH3 is 1. The highest BCUT2D eigenvalue weighted by Gasteiger charge is 2.25. The van der Waals surface area contributed by atoms with Gasteiger partial charge in [-0.25, -0.2) is 4.79 Å².